The average molecular weight is 238 g/mol. The summed E-state index contributed by atoms with van der Waals surface area (Å²) in [5, 5.41) is 5.98. The first kappa shape index (κ1) is 11.3. The Morgan fingerprint density at radius 1 is 1.29 bits per heavy atom. The third kappa shape index (κ3) is 2.87. The SMILES string of the molecule is O=C(Cc1ccon1)Nc1ccc(F)c(F)c1. The predicted molar refractivity (Wildman–Crippen MR) is 55.2 cm³/mol. The van der Waals surface area contributed by atoms with Crippen molar-refractivity contribution in [3.05, 3.63) is 47.9 Å². The van der Waals surface area contributed by atoms with Gasteiger partial charge in [-0.05, 0) is 12.1 Å². The molecule has 17 heavy (non-hydrogen) atoms. The summed E-state index contributed by atoms with van der Waals surface area (Å²) < 4.78 is 30.0. The second-order valence-electron chi connectivity index (χ2n) is 3.34. The lowest BCUT2D eigenvalue weighted by atomic mass is 10.2. The fourth-order valence-corrected chi connectivity index (χ4v) is 1.27. The average Bonchev–Trinajstić information content (AvgIpc) is 2.76. The van der Waals surface area contributed by atoms with Crippen molar-refractivity contribution in [1.29, 1.82) is 0 Å². The molecule has 0 atom stereocenters. The molecule has 0 saturated heterocycles. The molecule has 88 valence electrons. The Morgan fingerprint density at radius 2 is 2.12 bits per heavy atom. The van der Waals surface area contributed by atoms with Gasteiger partial charge >= 0.3 is 0 Å². The number of rotatable bonds is 3. The van der Waals surface area contributed by atoms with Crippen molar-refractivity contribution in [2.24, 2.45) is 0 Å². The number of halogens is 2. The van der Waals surface area contributed by atoms with Gasteiger partial charge in [0.2, 0.25) is 5.91 Å². The van der Waals surface area contributed by atoms with E-state index in [4.69, 9.17) is 0 Å². The summed E-state index contributed by atoms with van der Waals surface area (Å²) in [6.07, 6.45) is 1.36. The number of benzene rings is 1. The van der Waals surface area contributed by atoms with Crippen LogP contribution in [0.4, 0.5) is 14.5 Å². The van der Waals surface area contributed by atoms with E-state index in [0.29, 0.717) is 5.69 Å². The van der Waals surface area contributed by atoms with E-state index < -0.39 is 11.6 Å². The number of carbonyl (C=O) groups excluding carboxylic acids is 1. The number of nitrogens with one attached hydrogen (secondary N) is 1. The van der Waals surface area contributed by atoms with Crippen LogP contribution < -0.4 is 5.32 Å². The molecule has 1 amide bonds. The van der Waals surface area contributed by atoms with Crippen molar-refractivity contribution in [2.75, 3.05) is 5.32 Å². The summed E-state index contributed by atoms with van der Waals surface area (Å²) in [5.74, 6) is -2.35. The first-order valence-corrected chi connectivity index (χ1v) is 4.79. The van der Waals surface area contributed by atoms with Gasteiger partial charge in [-0.15, -0.1) is 0 Å². The fraction of sp³-hybridized carbons (Fsp3) is 0.0909. The van der Waals surface area contributed by atoms with Gasteiger partial charge in [0, 0.05) is 17.8 Å². The molecule has 2 aromatic rings. The first-order valence-electron chi connectivity index (χ1n) is 4.79. The third-order valence-corrected chi connectivity index (χ3v) is 2.04. The molecule has 0 spiro atoms. The van der Waals surface area contributed by atoms with E-state index in [9.17, 15) is 13.6 Å². The van der Waals surface area contributed by atoms with E-state index in [0.717, 1.165) is 12.1 Å². The number of nitrogens with zero attached hydrogens (tertiary/aromatic N) is 1. The fourth-order valence-electron chi connectivity index (χ4n) is 1.27. The molecule has 0 fully saturated rings. The van der Waals surface area contributed by atoms with Crippen molar-refractivity contribution in [1.82, 2.24) is 5.16 Å². The molecule has 1 aromatic carbocycles. The number of hydrogen-bond acceptors (Lipinski definition) is 3. The Kier molecular flexibility index (Phi) is 3.13. The maximum Gasteiger partial charge on any atom is 0.230 e. The van der Waals surface area contributed by atoms with E-state index in [2.05, 4.69) is 15.0 Å². The second kappa shape index (κ2) is 4.73. The summed E-state index contributed by atoms with van der Waals surface area (Å²) in [7, 11) is 0. The van der Waals surface area contributed by atoms with Crippen molar-refractivity contribution in [3.8, 4) is 0 Å². The Bertz CT molecular complexity index is 526. The molecule has 1 N–H and O–H groups in total. The summed E-state index contributed by atoms with van der Waals surface area (Å²) in [6.45, 7) is 0. The molecule has 0 aliphatic heterocycles. The normalized spacial score (nSPS) is 10.2. The summed E-state index contributed by atoms with van der Waals surface area (Å²) in [6, 6.07) is 4.68. The van der Waals surface area contributed by atoms with Gasteiger partial charge in [-0.25, -0.2) is 8.78 Å². The van der Waals surface area contributed by atoms with Crippen LogP contribution in [-0.4, -0.2) is 11.1 Å². The van der Waals surface area contributed by atoms with E-state index >= 15 is 0 Å². The lowest BCUT2D eigenvalue weighted by Crippen LogP contribution is -2.14. The van der Waals surface area contributed by atoms with Crippen molar-refractivity contribution in [2.45, 2.75) is 6.42 Å². The second-order valence-corrected chi connectivity index (χ2v) is 3.34. The van der Waals surface area contributed by atoms with Gasteiger partial charge < -0.3 is 9.84 Å². The molecule has 6 heteroatoms. The van der Waals surface area contributed by atoms with Gasteiger partial charge in [-0.3, -0.25) is 4.79 Å². The first-order chi connectivity index (χ1) is 8.15. The van der Waals surface area contributed by atoms with Crippen molar-refractivity contribution < 1.29 is 18.1 Å². The third-order valence-electron chi connectivity index (χ3n) is 2.04. The van der Waals surface area contributed by atoms with Crippen LogP contribution in [0, 0.1) is 11.6 Å². The molecular formula is C11H8F2N2O2. The highest BCUT2D eigenvalue weighted by Crippen LogP contribution is 2.13. The molecule has 0 saturated carbocycles. The zero-order chi connectivity index (χ0) is 12.3. The Morgan fingerprint density at radius 3 is 2.76 bits per heavy atom. The standard InChI is InChI=1S/C11H8F2N2O2/c12-9-2-1-7(5-10(9)13)14-11(16)6-8-3-4-17-15-8/h1-5H,6H2,(H,14,16). The highest BCUT2D eigenvalue weighted by atomic mass is 19.2. The maximum absolute atomic E-state index is 12.9. The van der Waals surface area contributed by atoms with Crippen molar-refractivity contribution >= 4 is 11.6 Å². The van der Waals surface area contributed by atoms with Crippen molar-refractivity contribution in [3.63, 3.8) is 0 Å². The van der Waals surface area contributed by atoms with Crippen LogP contribution in [0.5, 0.6) is 0 Å². The lowest BCUT2D eigenvalue weighted by Gasteiger charge is -2.03. The van der Waals surface area contributed by atoms with Crippen LogP contribution in [0.1, 0.15) is 5.69 Å². The molecule has 0 radical (unpaired) electrons. The lowest BCUT2D eigenvalue weighted by molar-refractivity contribution is -0.115. The molecule has 1 heterocycles. The zero-order valence-electron chi connectivity index (χ0n) is 8.61. The zero-order valence-corrected chi connectivity index (χ0v) is 8.61. The van der Waals surface area contributed by atoms with E-state index in [-0.39, 0.29) is 18.0 Å². The summed E-state index contributed by atoms with van der Waals surface area (Å²) in [5.41, 5.74) is 0.655. The highest BCUT2D eigenvalue weighted by molar-refractivity contribution is 5.91. The smallest absolute Gasteiger partial charge is 0.230 e. The summed E-state index contributed by atoms with van der Waals surface area (Å²) in [4.78, 5) is 11.5. The van der Waals surface area contributed by atoms with E-state index in [1.165, 1.54) is 12.3 Å². The topological polar surface area (TPSA) is 55.1 Å². The quantitative estimate of drug-likeness (QED) is 0.891. The minimum absolute atomic E-state index is 0.00942. The van der Waals surface area contributed by atoms with Gasteiger partial charge in [-0.1, -0.05) is 5.16 Å². The highest BCUT2D eigenvalue weighted by Gasteiger charge is 2.08. The van der Waals surface area contributed by atoms with Gasteiger partial charge in [-0.2, -0.15) is 0 Å². The Hall–Kier alpha value is -2.24. The summed E-state index contributed by atoms with van der Waals surface area (Å²) >= 11 is 0. The number of anilines is 1. The monoisotopic (exact) mass is 238 g/mol. The van der Waals surface area contributed by atoms with Gasteiger partial charge in [0.1, 0.15) is 6.26 Å². The minimum atomic E-state index is -1.01. The van der Waals surface area contributed by atoms with Crippen LogP contribution in [0.25, 0.3) is 0 Å². The molecule has 0 aliphatic carbocycles. The van der Waals surface area contributed by atoms with Crippen LogP contribution in [0.15, 0.2) is 35.1 Å². The van der Waals surface area contributed by atoms with Crippen LogP contribution in [-0.2, 0) is 11.2 Å². The molecule has 0 bridgehead atoms. The maximum atomic E-state index is 12.9. The van der Waals surface area contributed by atoms with Gasteiger partial charge in [0.15, 0.2) is 11.6 Å². The molecule has 4 nitrogen and oxygen atoms in total. The van der Waals surface area contributed by atoms with Gasteiger partial charge in [0.25, 0.3) is 0 Å². The largest absolute Gasteiger partial charge is 0.364 e. The number of aromatic nitrogens is 1. The minimum Gasteiger partial charge on any atom is -0.364 e. The number of amides is 1. The molecule has 0 aliphatic rings. The van der Waals surface area contributed by atoms with E-state index in [1.54, 1.807) is 6.07 Å². The van der Waals surface area contributed by atoms with E-state index in [1.807, 2.05) is 0 Å². The predicted octanol–water partition coefficient (Wildman–Crippen LogP) is 2.13. The molecule has 2 rings (SSSR count). The number of carbonyl (C=O) groups is 1. The Balaban J connectivity index is 2.00. The number of hydrogen-bond donors (Lipinski definition) is 1. The Labute approximate surface area is 95.2 Å². The van der Waals surface area contributed by atoms with Gasteiger partial charge in [0.05, 0.1) is 12.1 Å². The molecule has 1 aromatic heterocycles. The van der Waals surface area contributed by atoms with Crippen LogP contribution in [0.2, 0.25) is 0 Å². The molecule has 0 unspecified atom stereocenters. The molecular weight excluding hydrogens is 230 g/mol. The van der Waals surface area contributed by atoms with Crippen LogP contribution in [0.3, 0.4) is 0 Å². The van der Waals surface area contributed by atoms with Crippen LogP contribution >= 0.6 is 0 Å².